The number of rotatable bonds is 5. The second-order valence-corrected chi connectivity index (χ2v) is 6.22. The molecule has 0 atom stereocenters. The number of anilines is 1. The predicted octanol–water partition coefficient (Wildman–Crippen LogP) is 4.71. The topological polar surface area (TPSA) is 79.2 Å². The molecule has 132 valence electrons. The van der Waals surface area contributed by atoms with E-state index in [0.717, 1.165) is 0 Å². The zero-order valence-electron chi connectivity index (χ0n) is 13.1. The second kappa shape index (κ2) is 9.25. The molecule has 1 N–H and O–H groups in total. The van der Waals surface area contributed by atoms with Crippen molar-refractivity contribution in [2.24, 2.45) is 0 Å². The molecule has 26 heavy (non-hydrogen) atoms. The average molecular weight is 410 g/mol. The highest BCUT2D eigenvalue weighted by atomic mass is 35.5. The van der Waals surface area contributed by atoms with Crippen molar-refractivity contribution in [2.45, 2.75) is 0 Å². The summed E-state index contributed by atoms with van der Waals surface area (Å²) >= 11 is 17.7. The van der Waals surface area contributed by atoms with E-state index in [0.29, 0.717) is 16.1 Å². The molecule has 0 aromatic heterocycles. The molecule has 0 aliphatic rings. The van der Waals surface area contributed by atoms with E-state index < -0.39 is 18.5 Å². The van der Waals surface area contributed by atoms with Gasteiger partial charge in [0.05, 0.1) is 27.4 Å². The summed E-state index contributed by atoms with van der Waals surface area (Å²) in [4.78, 5) is 23.5. The Labute approximate surface area is 164 Å². The van der Waals surface area contributed by atoms with Crippen LogP contribution < -0.4 is 5.32 Å². The van der Waals surface area contributed by atoms with Gasteiger partial charge in [0, 0.05) is 11.1 Å². The predicted molar refractivity (Wildman–Crippen MR) is 101 cm³/mol. The lowest BCUT2D eigenvalue weighted by Crippen LogP contribution is -2.20. The zero-order valence-corrected chi connectivity index (χ0v) is 15.4. The molecule has 0 aliphatic carbocycles. The van der Waals surface area contributed by atoms with Crippen LogP contribution in [-0.4, -0.2) is 18.5 Å². The Morgan fingerprint density at radius 1 is 1.12 bits per heavy atom. The maximum absolute atomic E-state index is 11.9. The van der Waals surface area contributed by atoms with Gasteiger partial charge < -0.3 is 10.1 Å². The Hall–Kier alpha value is -2.52. The molecular formula is C18H11Cl3N2O3. The number of amides is 1. The monoisotopic (exact) mass is 408 g/mol. The van der Waals surface area contributed by atoms with Crippen LogP contribution in [0.4, 0.5) is 5.69 Å². The number of nitrogens with one attached hydrogen (secondary N) is 1. The number of nitrogens with zero attached hydrogens (tertiary/aromatic N) is 1. The van der Waals surface area contributed by atoms with Crippen LogP contribution in [0.25, 0.3) is 6.08 Å². The fourth-order valence-electron chi connectivity index (χ4n) is 1.85. The van der Waals surface area contributed by atoms with Crippen LogP contribution in [0.3, 0.4) is 0 Å². The van der Waals surface area contributed by atoms with Crippen LogP contribution in [0.1, 0.15) is 11.1 Å². The van der Waals surface area contributed by atoms with Crippen LogP contribution in [0.15, 0.2) is 42.5 Å². The summed E-state index contributed by atoms with van der Waals surface area (Å²) in [5, 5.41) is 11.8. The first-order chi connectivity index (χ1) is 12.4. The molecule has 0 saturated heterocycles. The van der Waals surface area contributed by atoms with Crippen molar-refractivity contribution in [3.8, 4) is 6.07 Å². The van der Waals surface area contributed by atoms with Crippen LogP contribution in [-0.2, 0) is 14.3 Å². The van der Waals surface area contributed by atoms with Gasteiger partial charge in [-0.3, -0.25) is 4.79 Å². The molecule has 2 aromatic rings. The second-order valence-electron chi connectivity index (χ2n) is 4.97. The first-order valence-electron chi connectivity index (χ1n) is 7.18. The van der Waals surface area contributed by atoms with Gasteiger partial charge in [-0.2, -0.15) is 5.26 Å². The molecule has 0 spiro atoms. The Balaban J connectivity index is 1.88. The minimum atomic E-state index is -0.696. The number of ether oxygens (including phenoxy) is 1. The summed E-state index contributed by atoms with van der Waals surface area (Å²) in [6, 6.07) is 11.5. The number of benzene rings is 2. The van der Waals surface area contributed by atoms with E-state index in [2.05, 4.69) is 5.32 Å². The Morgan fingerprint density at radius 2 is 1.73 bits per heavy atom. The smallest absolute Gasteiger partial charge is 0.331 e. The first-order valence-corrected chi connectivity index (χ1v) is 8.32. The maximum atomic E-state index is 11.9. The molecule has 0 fully saturated rings. The lowest BCUT2D eigenvalue weighted by Gasteiger charge is -2.09. The van der Waals surface area contributed by atoms with Gasteiger partial charge in [0.2, 0.25) is 0 Å². The lowest BCUT2D eigenvalue weighted by molar-refractivity contribution is -0.142. The van der Waals surface area contributed by atoms with E-state index in [4.69, 9.17) is 44.8 Å². The van der Waals surface area contributed by atoms with E-state index in [1.807, 2.05) is 6.07 Å². The fraction of sp³-hybridized carbons (Fsp3) is 0.0556. The minimum Gasteiger partial charge on any atom is -0.452 e. The van der Waals surface area contributed by atoms with E-state index in [1.165, 1.54) is 24.3 Å². The van der Waals surface area contributed by atoms with Gasteiger partial charge >= 0.3 is 5.97 Å². The standard InChI is InChI=1S/C18H11Cl3N2O3/c19-13-7-14(20)18(15(21)8-13)23-16(24)10-26-17(25)6-5-11-1-3-12(9-22)4-2-11/h1-8H,10H2,(H,23,24)/b6-5+. The van der Waals surface area contributed by atoms with Crippen LogP contribution in [0.2, 0.25) is 15.1 Å². The molecule has 5 nitrogen and oxygen atoms in total. The highest BCUT2D eigenvalue weighted by Gasteiger charge is 2.12. The third-order valence-electron chi connectivity index (χ3n) is 3.07. The number of hydrogen-bond acceptors (Lipinski definition) is 4. The lowest BCUT2D eigenvalue weighted by atomic mass is 10.1. The normalized spacial score (nSPS) is 10.4. The number of carbonyl (C=O) groups is 2. The van der Waals surface area contributed by atoms with E-state index in [9.17, 15) is 9.59 Å². The Kier molecular flexibility index (Phi) is 7.05. The quantitative estimate of drug-likeness (QED) is 0.573. The molecular weight excluding hydrogens is 399 g/mol. The van der Waals surface area contributed by atoms with Crippen molar-refractivity contribution >= 4 is 58.4 Å². The van der Waals surface area contributed by atoms with E-state index >= 15 is 0 Å². The SMILES string of the molecule is N#Cc1ccc(/C=C/C(=O)OCC(=O)Nc2c(Cl)cc(Cl)cc2Cl)cc1. The summed E-state index contributed by atoms with van der Waals surface area (Å²) in [7, 11) is 0. The molecule has 2 aromatic carbocycles. The molecule has 2 rings (SSSR count). The van der Waals surface area contributed by atoms with Gasteiger partial charge in [0.1, 0.15) is 0 Å². The Bertz CT molecular complexity index is 880. The Morgan fingerprint density at radius 3 is 2.31 bits per heavy atom. The van der Waals surface area contributed by atoms with Gasteiger partial charge in [-0.05, 0) is 35.9 Å². The van der Waals surface area contributed by atoms with E-state index in [1.54, 1.807) is 24.3 Å². The van der Waals surface area contributed by atoms with Crippen molar-refractivity contribution in [1.82, 2.24) is 0 Å². The third kappa shape index (κ3) is 5.78. The van der Waals surface area contributed by atoms with E-state index in [-0.39, 0.29) is 15.7 Å². The van der Waals surface area contributed by atoms with Crippen molar-refractivity contribution < 1.29 is 14.3 Å². The maximum Gasteiger partial charge on any atom is 0.331 e. The molecule has 0 heterocycles. The first kappa shape index (κ1) is 19.8. The van der Waals surface area contributed by atoms with Crippen LogP contribution in [0.5, 0.6) is 0 Å². The number of nitriles is 1. The summed E-state index contributed by atoms with van der Waals surface area (Å²) in [5.41, 5.74) is 1.41. The highest BCUT2D eigenvalue weighted by Crippen LogP contribution is 2.33. The highest BCUT2D eigenvalue weighted by molar-refractivity contribution is 6.42. The van der Waals surface area contributed by atoms with Gasteiger partial charge in [-0.25, -0.2) is 4.79 Å². The number of hydrogen-bond donors (Lipinski definition) is 1. The summed E-state index contributed by atoms with van der Waals surface area (Å²) in [6.07, 6.45) is 2.69. The van der Waals surface area contributed by atoms with Gasteiger partial charge in [-0.1, -0.05) is 46.9 Å². The molecule has 0 unspecified atom stereocenters. The molecule has 0 bridgehead atoms. The largest absolute Gasteiger partial charge is 0.452 e. The molecule has 0 aliphatic heterocycles. The van der Waals surface area contributed by atoms with Gasteiger partial charge in [0.25, 0.3) is 5.91 Å². The zero-order chi connectivity index (χ0) is 19.1. The minimum absolute atomic E-state index is 0.169. The van der Waals surface area contributed by atoms with Crippen molar-refractivity contribution in [1.29, 1.82) is 5.26 Å². The summed E-state index contributed by atoms with van der Waals surface area (Å²) < 4.78 is 4.84. The molecule has 0 radical (unpaired) electrons. The van der Waals surface area contributed by atoms with Crippen molar-refractivity contribution in [3.63, 3.8) is 0 Å². The fourth-order valence-corrected chi connectivity index (χ4v) is 2.77. The summed E-state index contributed by atoms with van der Waals surface area (Å²) in [6.45, 7) is -0.508. The third-order valence-corrected chi connectivity index (χ3v) is 3.88. The van der Waals surface area contributed by atoms with Crippen molar-refractivity contribution in [2.75, 3.05) is 11.9 Å². The molecule has 0 saturated carbocycles. The van der Waals surface area contributed by atoms with Crippen molar-refractivity contribution in [3.05, 3.63) is 68.7 Å². The molecule has 1 amide bonds. The number of carbonyl (C=O) groups excluding carboxylic acids is 2. The molecule has 8 heteroatoms. The van der Waals surface area contributed by atoms with Gasteiger partial charge in [-0.15, -0.1) is 0 Å². The van der Waals surface area contributed by atoms with Crippen LogP contribution >= 0.6 is 34.8 Å². The average Bonchev–Trinajstić information content (AvgIpc) is 2.61. The van der Waals surface area contributed by atoms with Crippen LogP contribution in [0, 0.1) is 11.3 Å². The summed E-state index contributed by atoms with van der Waals surface area (Å²) in [5.74, 6) is -1.30. The van der Waals surface area contributed by atoms with Gasteiger partial charge in [0.15, 0.2) is 6.61 Å². The number of halogens is 3. The number of esters is 1.